The smallest absolute Gasteiger partial charge is 0.137 e. The minimum atomic E-state index is 0.835. The monoisotopic (exact) mass is 251 g/mol. The average Bonchev–Trinajstić information content (AvgIpc) is 2.87. The summed E-state index contributed by atoms with van der Waals surface area (Å²) in [4.78, 5) is 0. The van der Waals surface area contributed by atoms with Gasteiger partial charge < -0.3 is 4.57 Å². The number of benzene rings is 2. The highest BCUT2D eigenvalue weighted by Gasteiger charge is 2.07. The van der Waals surface area contributed by atoms with Crippen LogP contribution in [0.15, 0.2) is 48.8 Å². The van der Waals surface area contributed by atoms with Crippen LogP contribution < -0.4 is 0 Å². The molecule has 0 spiro atoms. The minimum Gasteiger partial charge on any atom is -0.317 e. The Hall–Kier alpha value is -2.16. The third-order valence-corrected chi connectivity index (χ3v) is 3.39. The van der Waals surface area contributed by atoms with E-state index in [1.165, 1.54) is 16.3 Å². The highest BCUT2D eigenvalue weighted by atomic mass is 15.3. The molecule has 0 saturated carbocycles. The van der Waals surface area contributed by atoms with Gasteiger partial charge in [-0.1, -0.05) is 49.4 Å². The van der Waals surface area contributed by atoms with E-state index in [9.17, 15) is 0 Å². The maximum Gasteiger partial charge on any atom is 0.137 e. The summed E-state index contributed by atoms with van der Waals surface area (Å²) in [7, 11) is 0. The average molecular weight is 251 g/mol. The van der Waals surface area contributed by atoms with Crippen LogP contribution in [0.4, 0.5) is 0 Å². The van der Waals surface area contributed by atoms with Crippen molar-refractivity contribution in [2.24, 2.45) is 0 Å². The molecule has 0 radical (unpaired) electrons. The van der Waals surface area contributed by atoms with Crippen molar-refractivity contribution in [2.45, 2.75) is 26.3 Å². The Morgan fingerprint density at radius 3 is 2.79 bits per heavy atom. The molecule has 19 heavy (non-hydrogen) atoms. The number of hydrogen-bond acceptors (Lipinski definition) is 2. The van der Waals surface area contributed by atoms with Crippen molar-refractivity contribution in [1.82, 2.24) is 14.8 Å². The summed E-state index contributed by atoms with van der Waals surface area (Å²) in [5, 5.41) is 10.9. The second-order valence-electron chi connectivity index (χ2n) is 4.76. The predicted molar refractivity (Wildman–Crippen MR) is 77.1 cm³/mol. The molecular weight excluding hydrogens is 234 g/mol. The van der Waals surface area contributed by atoms with Crippen molar-refractivity contribution in [2.75, 3.05) is 0 Å². The van der Waals surface area contributed by atoms with Crippen molar-refractivity contribution < 1.29 is 0 Å². The topological polar surface area (TPSA) is 30.7 Å². The second-order valence-corrected chi connectivity index (χ2v) is 4.76. The van der Waals surface area contributed by atoms with E-state index in [2.05, 4.69) is 64.2 Å². The molecule has 0 aliphatic rings. The Labute approximate surface area is 112 Å². The van der Waals surface area contributed by atoms with Crippen LogP contribution in [0.2, 0.25) is 0 Å². The molecule has 1 heterocycles. The lowest BCUT2D eigenvalue weighted by atomic mass is 10.0. The van der Waals surface area contributed by atoms with Gasteiger partial charge in [0.2, 0.25) is 0 Å². The van der Waals surface area contributed by atoms with Crippen LogP contribution in [0.1, 0.15) is 24.7 Å². The highest BCUT2D eigenvalue weighted by molar-refractivity contribution is 5.85. The molecule has 3 rings (SSSR count). The van der Waals surface area contributed by atoms with E-state index in [1.54, 1.807) is 0 Å². The van der Waals surface area contributed by atoms with Crippen LogP contribution >= 0.6 is 0 Å². The Bertz CT molecular complexity index is 680. The van der Waals surface area contributed by atoms with Gasteiger partial charge in [-0.15, -0.1) is 10.2 Å². The molecular formula is C16H17N3. The van der Waals surface area contributed by atoms with E-state index < -0.39 is 0 Å². The first-order chi connectivity index (χ1) is 9.38. The number of rotatable bonds is 4. The van der Waals surface area contributed by atoms with Gasteiger partial charge in [-0.2, -0.15) is 0 Å². The lowest BCUT2D eigenvalue weighted by molar-refractivity contribution is 0.647. The summed E-state index contributed by atoms with van der Waals surface area (Å²) in [6.45, 7) is 3.15. The molecule has 0 bridgehead atoms. The summed E-state index contributed by atoms with van der Waals surface area (Å²) in [6, 6.07) is 14.9. The fourth-order valence-corrected chi connectivity index (χ4v) is 2.46. The molecule has 0 fully saturated rings. The molecule has 2 aromatic carbocycles. The van der Waals surface area contributed by atoms with Gasteiger partial charge >= 0.3 is 0 Å². The second kappa shape index (κ2) is 5.22. The SMILES string of the molecule is CCCn1cnnc1Cc1cccc2ccccc12. The largest absolute Gasteiger partial charge is 0.317 e. The van der Waals surface area contributed by atoms with Gasteiger partial charge in [-0.25, -0.2) is 0 Å². The molecule has 3 heteroatoms. The molecule has 0 N–H and O–H groups in total. The molecule has 0 saturated heterocycles. The molecule has 3 aromatic rings. The number of aryl methyl sites for hydroxylation is 1. The van der Waals surface area contributed by atoms with Gasteiger partial charge in [0.05, 0.1) is 0 Å². The summed E-state index contributed by atoms with van der Waals surface area (Å²) in [6.07, 6.45) is 3.76. The van der Waals surface area contributed by atoms with Gasteiger partial charge in [0.1, 0.15) is 12.2 Å². The van der Waals surface area contributed by atoms with Gasteiger partial charge in [-0.05, 0) is 22.8 Å². The first-order valence-electron chi connectivity index (χ1n) is 6.72. The van der Waals surface area contributed by atoms with E-state index in [0.717, 1.165) is 25.2 Å². The van der Waals surface area contributed by atoms with Crippen LogP contribution in [-0.4, -0.2) is 14.8 Å². The Kier molecular flexibility index (Phi) is 3.27. The quantitative estimate of drug-likeness (QED) is 0.711. The molecule has 0 aliphatic carbocycles. The molecule has 0 atom stereocenters. The fraction of sp³-hybridized carbons (Fsp3) is 0.250. The van der Waals surface area contributed by atoms with Crippen LogP contribution in [0.5, 0.6) is 0 Å². The third-order valence-electron chi connectivity index (χ3n) is 3.39. The minimum absolute atomic E-state index is 0.835. The Morgan fingerprint density at radius 2 is 1.89 bits per heavy atom. The number of fused-ring (bicyclic) bond motifs is 1. The van der Waals surface area contributed by atoms with E-state index in [4.69, 9.17) is 0 Å². The van der Waals surface area contributed by atoms with Crippen molar-refractivity contribution >= 4 is 10.8 Å². The van der Waals surface area contributed by atoms with Gasteiger partial charge in [0, 0.05) is 13.0 Å². The van der Waals surface area contributed by atoms with Crippen molar-refractivity contribution in [3.05, 3.63) is 60.2 Å². The van der Waals surface area contributed by atoms with Crippen LogP contribution in [0.3, 0.4) is 0 Å². The highest BCUT2D eigenvalue weighted by Crippen LogP contribution is 2.20. The maximum absolute atomic E-state index is 4.25. The summed E-state index contributed by atoms with van der Waals surface area (Å²) in [5.41, 5.74) is 1.31. The standard InChI is InChI=1S/C16H17N3/c1-2-10-19-12-17-18-16(19)11-14-8-5-7-13-6-3-4-9-15(13)14/h3-9,12H,2,10-11H2,1H3. The van der Waals surface area contributed by atoms with Crippen molar-refractivity contribution in [3.63, 3.8) is 0 Å². The summed E-state index contributed by atoms with van der Waals surface area (Å²) >= 11 is 0. The lowest BCUT2D eigenvalue weighted by Crippen LogP contribution is -2.03. The van der Waals surface area contributed by atoms with E-state index in [-0.39, 0.29) is 0 Å². The summed E-state index contributed by atoms with van der Waals surface area (Å²) in [5.74, 6) is 1.04. The lowest BCUT2D eigenvalue weighted by Gasteiger charge is -2.07. The zero-order chi connectivity index (χ0) is 13.1. The fourth-order valence-electron chi connectivity index (χ4n) is 2.46. The molecule has 0 aliphatic heterocycles. The predicted octanol–water partition coefficient (Wildman–Crippen LogP) is 3.43. The van der Waals surface area contributed by atoms with Gasteiger partial charge in [0.15, 0.2) is 0 Å². The van der Waals surface area contributed by atoms with Gasteiger partial charge in [0.25, 0.3) is 0 Å². The number of hydrogen-bond donors (Lipinski definition) is 0. The molecule has 0 amide bonds. The van der Waals surface area contributed by atoms with E-state index in [1.807, 2.05) is 6.33 Å². The van der Waals surface area contributed by atoms with Crippen LogP contribution in [-0.2, 0) is 13.0 Å². The third kappa shape index (κ3) is 2.36. The normalized spacial score (nSPS) is 11.0. The summed E-state index contributed by atoms with van der Waals surface area (Å²) < 4.78 is 2.14. The van der Waals surface area contributed by atoms with Crippen molar-refractivity contribution in [1.29, 1.82) is 0 Å². The zero-order valence-corrected chi connectivity index (χ0v) is 11.1. The van der Waals surface area contributed by atoms with E-state index in [0.29, 0.717) is 0 Å². The molecule has 1 aromatic heterocycles. The van der Waals surface area contributed by atoms with Crippen molar-refractivity contribution in [3.8, 4) is 0 Å². The Balaban J connectivity index is 1.99. The number of nitrogens with zero attached hydrogens (tertiary/aromatic N) is 3. The zero-order valence-electron chi connectivity index (χ0n) is 11.1. The van der Waals surface area contributed by atoms with Crippen LogP contribution in [0, 0.1) is 0 Å². The molecule has 96 valence electrons. The van der Waals surface area contributed by atoms with Gasteiger partial charge in [-0.3, -0.25) is 0 Å². The van der Waals surface area contributed by atoms with Crippen LogP contribution in [0.25, 0.3) is 10.8 Å². The first-order valence-corrected chi connectivity index (χ1v) is 6.72. The maximum atomic E-state index is 4.25. The Morgan fingerprint density at radius 1 is 1.05 bits per heavy atom. The number of aromatic nitrogens is 3. The first kappa shape index (κ1) is 11.9. The molecule has 3 nitrogen and oxygen atoms in total. The molecule has 0 unspecified atom stereocenters. The van der Waals surface area contributed by atoms with E-state index >= 15 is 0 Å².